The van der Waals surface area contributed by atoms with Crippen LogP contribution in [0.3, 0.4) is 0 Å². The Morgan fingerprint density at radius 3 is 2.26 bits per heavy atom. The Bertz CT molecular complexity index is 521. The van der Waals surface area contributed by atoms with Crippen LogP contribution in [0, 0.1) is 0 Å². The number of amides is 2. The molecule has 1 atom stereocenters. The molecule has 0 aromatic heterocycles. The van der Waals surface area contributed by atoms with Crippen molar-refractivity contribution < 1.29 is 14.0 Å². The van der Waals surface area contributed by atoms with Gasteiger partial charge in [0.15, 0.2) is 0 Å². The van der Waals surface area contributed by atoms with Gasteiger partial charge in [0.1, 0.15) is 6.67 Å². The fourth-order valence-corrected chi connectivity index (χ4v) is 2.65. The standard InChI is InChI=1S/C14H13BrFNO2/c1-9(6-7-15)12(8-16)17-13(18)10-4-2-3-5-11(10)14(17)19/h2-6,12H,7-8H2,1H3/b9-6+. The maximum atomic E-state index is 13.3. The van der Waals surface area contributed by atoms with Gasteiger partial charge in [0, 0.05) is 5.33 Å². The lowest BCUT2D eigenvalue weighted by molar-refractivity contribution is 0.0587. The molecule has 19 heavy (non-hydrogen) atoms. The molecule has 2 rings (SSSR count). The Morgan fingerprint density at radius 1 is 1.32 bits per heavy atom. The largest absolute Gasteiger partial charge is 0.269 e. The highest BCUT2D eigenvalue weighted by Crippen LogP contribution is 2.27. The third-order valence-electron chi connectivity index (χ3n) is 3.21. The van der Waals surface area contributed by atoms with E-state index in [0.29, 0.717) is 22.0 Å². The summed E-state index contributed by atoms with van der Waals surface area (Å²) < 4.78 is 13.3. The third kappa shape index (κ3) is 2.34. The van der Waals surface area contributed by atoms with E-state index < -0.39 is 24.5 Å². The average molecular weight is 326 g/mol. The number of hydrogen-bond donors (Lipinski definition) is 0. The molecule has 0 aliphatic carbocycles. The van der Waals surface area contributed by atoms with E-state index in [2.05, 4.69) is 15.9 Å². The second kappa shape index (κ2) is 5.65. The zero-order chi connectivity index (χ0) is 14.0. The van der Waals surface area contributed by atoms with Crippen LogP contribution in [0.25, 0.3) is 0 Å². The molecule has 0 radical (unpaired) electrons. The van der Waals surface area contributed by atoms with Crippen molar-refractivity contribution in [1.29, 1.82) is 0 Å². The molecule has 1 aromatic rings. The summed E-state index contributed by atoms with van der Waals surface area (Å²) in [7, 11) is 0. The van der Waals surface area contributed by atoms with Gasteiger partial charge >= 0.3 is 0 Å². The SMILES string of the molecule is C/C(=C\CBr)C(CF)N1C(=O)c2ccccc2C1=O. The highest BCUT2D eigenvalue weighted by molar-refractivity contribution is 9.09. The molecule has 2 amide bonds. The van der Waals surface area contributed by atoms with Gasteiger partial charge in [-0.3, -0.25) is 14.5 Å². The first-order valence-corrected chi connectivity index (χ1v) is 6.99. The molecular formula is C14H13BrFNO2. The van der Waals surface area contributed by atoms with Crippen molar-refractivity contribution in [2.45, 2.75) is 13.0 Å². The Balaban J connectivity index is 2.40. The second-order valence-electron chi connectivity index (χ2n) is 4.30. The zero-order valence-corrected chi connectivity index (χ0v) is 12.0. The van der Waals surface area contributed by atoms with Gasteiger partial charge in [-0.25, -0.2) is 4.39 Å². The molecule has 1 aliphatic heterocycles. The van der Waals surface area contributed by atoms with Crippen molar-refractivity contribution in [1.82, 2.24) is 4.90 Å². The van der Waals surface area contributed by atoms with Gasteiger partial charge in [0.25, 0.3) is 11.8 Å². The Morgan fingerprint density at radius 2 is 1.84 bits per heavy atom. The topological polar surface area (TPSA) is 37.4 Å². The molecule has 1 aliphatic rings. The number of benzene rings is 1. The van der Waals surface area contributed by atoms with Gasteiger partial charge in [-0.05, 0) is 19.1 Å². The molecule has 1 aromatic carbocycles. The van der Waals surface area contributed by atoms with Crippen molar-refractivity contribution in [3.8, 4) is 0 Å². The first-order valence-electron chi connectivity index (χ1n) is 5.87. The molecule has 0 N–H and O–H groups in total. The first-order chi connectivity index (χ1) is 9.11. The molecule has 0 spiro atoms. The molecule has 1 unspecified atom stereocenters. The zero-order valence-electron chi connectivity index (χ0n) is 10.4. The molecule has 0 saturated carbocycles. The molecule has 1 heterocycles. The highest BCUT2D eigenvalue weighted by atomic mass is 79.9. The van der Waals surface area contributed by atoms with E-state index in [1.807, 2.05) is 0 Å². The summed E-state index contributed by atoms with van der Waals surface area (Å²) in [5.41, 5.74) is 1.35. The number of imide groups is 1. The Hall–Kier alpha value is -1.49. The lowest BCUT2D eigenvalue weighted by Crippen LogP contribution is -2.42. The van der Waals surface area contributed by atoms with Crippen molar-refractivity contribution in [3.63, 3.8) is 0 Å². The minimum Gasteiger partial charge on any atom is -0.269 e. The number of nitrogens with zero attached hydrogens (tertiary/aromatic N) is 1. The summed E-state index contributed by atoms with van der Waals surface area (Å²) in [5, 5.41) is 0.554. The van der Waals surface area contributed by atoms with Crippen molar-refractivity contribution in [3.05, 3.63) is 47.0 Å². The van der Waals surface area contributed by atoms with Crippen LogP contribution < -0.4 is 0 Å². The van der Waals surface area contributed by atoms with E-state index in [0.717, 1.165) is 4.90 Å². The molecular weight excluding hydrogens is 313 g/mol. The number of allylic oxidation sites excluding steroid dienone is 1. The predicted molar refractivity (Wildman–Crippen MR) is 74.3 cm³/mol. The Kier molecular flexibility index (Phi) is 4.14. The van der Waals surface area contributed by atoms with E-state index in [-0.39, 0.29) is 0 Å². The van der Waals surface area contributed by atoms with Crippen molar-refractivity contribution >= 4 is 27.7 Å². The maximum Gasteiger partial charge on any atom is 0.262 e. The van der Waals surface area contributed by atoms with E-state index in [1.54, 1.807) is 37.3 Å². The summed E-state index contributed by atoms with van der Waals surface area (Å²) in [4.78, 5) is 25.4. The van der Waals surface area contributed by atoms with Gasteiger partial charge in [-0.2, -0.15) is 0 Å². The number of hydrogen-bond acceptors (Lipinski definition) is 2. The summed E-state index contributed by atoms with van der Waals surface area (Å²) in [5.74, 6) is -0.851. The van der Waals surface area contributed by atoms with Crippen molar-refractivity contribution in [2.24, 2.45) is 0 Å². The number of halogens is 2. The fourth-order valence-electron chi connectivity index (χ4n) is 2.14. The van der Waals surface area contributed by atoms with Crippen molar-refractivity contribution in [2.75, 3.05) is 12.0 Å². The number of alkyl halides is 2. The summed E-state index contributed by atoms with van der Waals surface area (Å²) in [6.45, 7) is 0.940. The number of carbonyl (C=O) groups is 2. The van der Waals surface area contributed by atoms with E-state index in [1.165, 1.54) is 0 Å². The van der Waals surface area contributed by atoms with Crippen LogP contribution in [0.2, 0.25) is 0 Å². The normalized spacial score (nSPS) is 16.8. The number of fused-ring (bicyclic) bond motifs is 1. The predicted octanol–water partition coefficient (Wildman–Crippen LogP) is 2.96. The molecule has 0 fully saturated rings. The monoisotopic (exact) mass is 325 g/mol. The lowest BCUT2D eigenvalue weighted by Gasteiger charge is -2.24. The minimum absolute atomic E-state index is 0.345. The minimum atomic E-state index is -0.829. The second-order valence-corrected chi connectivity index (χ2v) is 4.95. The van der Waals surface area contributed by atoms with Gasteiger partial charge in [-0.1, -0.05) is 39.7 Å². The van der Waals surface area contributed by atoms with Crippen LogP contribution >= 0.6 is 15.9 Å². The Labute approximate surface area is 119 Å². The number of carbonyl (C=O) groups excluding carboxylic acids is 2. The molecule has 0 saturated heterocycles. The van der Waals surface area contributed by atoms with Crippen LogP contribution in [-0.4, -0.2) is 34.8 Å². The number of rotatable bonds is 4. The van der Waals surface area contributed by atoms with Crippen LogP contribution in [-0.2, 0) is 0 Å². The third-order valence-corrected chi connectivity index (χ3v) is 3.53. The summed E-state index contributed by atoms with van der Waals surface area (Å²) in [6, 6.07) is 5.74. The van der Waals surface area contributed by atoms with E-state index >= 15 is 0 Å². The van der Waals surface area contributed by atoms with Gasteiger partial charge in [-0.15, -0.1) is 0 Å². The molecule has 5 heteroatoms. The fraction of sp³-hybridized carbons (Fsp3) is 0.286. The maximum absolute atomic E-state index is 13.3. The average Bonchev–Trinajstić information content (AvgIpc) is 2.66. The van der Waals surface area contributed by atoms with Crippen LogP contribution in [0.4, 0.5) is 4.39 Å². The summed E-state index contributed by atoms with van der Waals surface area (Å²) in [6.07, 6.45) is 1.76. The van der Waals surface area contributed by atoms with E-state index in [9.17, 15) is 14.0 Å². The van der Waals surface area contributed by atoms with Gasteiger partial charge < -0.3 is 0 Å². The molecule has 3 nitrogen and oxygen atoms in total. The van der Waals surface area contributed by atoms with Gasteiger partial charge in [0.2, 0.25) is 0 Å². The smallest absolute Gasteiger partial charge is 0.262 e. The molecule has 100 valence electrons. The lowest BCUT2D eigenvalue weighted by atomic mass is 10.1. The summed E-state index contributed by atoms with van der Waals surface area (Å²) >= 11 is 3.23. The van der Waals surface area contributed by atoms with E-state index in [4.69, 9.17) is 0 Å². The quantitative estimate of drug-likeness (QED) is 0.485. The first kappa shape index (κ1) is 13.9. The molecule has 0 bridgehead atoms. The van der Waals surface area contributed by atoms with Crippen LogP contribution in [0.1, 0.15) is 27.6 Å². The highest BCUT2D eigenvalue weighted by Gasteiger charge is 2.40. The van der Waals surface area contributed by atoms with Crippen LogP contribution in [0.15, 0.2) is 35.9 Å². The van der Waals surface area contributed by atoms with Crippen LogP contribution in [0.5, 0.6) is 0 Å². The van der Waals surface area contributed by atoms with Gasteiger partial charge in [0.05, 0.1) is 17.2 Å².